The molecule has 7 nitrogen and oxygen atoms in total. The fourth-order valence-corrected chi connectivity index (χ4v) is 3.31. The van der Waals surface area contributed by atoms with Crippen LogP contribution in [0.2, 0.25) is 0 Å². The van der Waals surface area contributed by atoms with Gasteiger partial charge in [-0.05, 0) is 36.2 Å². The van der Waals surface area contributed by atoms with Gasteiger partial charge in [0.05, 0.1) is 21.3 Å². The second-order valence-electron chi connectivity index (χ2n) is 6.63. The van der Waals surface area contributed by atoms with Crippen LogP contribution in [0.25, 0.3) is 10.9 Å². The molecule has 2 aromatic carbocycles. The Morgan fingerprint density at radius 1 is 0.967 bits per heavy atom. The Bertz CT molecular complexity index is 1030. The lowest BCUT2D eigenvalue weighted by atomic mass is 10.1. The summed E-state index contributed by atoms with van der Waals surface area (Å²) in [7, 11) is 6.52. The molecule has 0 spiro atoms. The van der Waals surface area contributed by atoms with Gasteiger partial charge in [-0.25, -0.2) is 4.39 Å². The van der Waals surface area contributed by atoms with Crippen molar-refractivity contribution >= 4 is 16.9 Å². The molecular weight excluding hydrogens is 387 g/mol. The van der Waals surface area contributed by atoms with Gasteiger partial charge in [-0.2, -0.15) is 0 Å². The summed E-state index contributed by atoms with van der Waals surface area (Å²) in [5.41, 5.74) is 2.83. The minimum absolute atomic E-state index is 0.246. The first-order chi connectivity index (χ1) is 14.6. The van der Waals surface area contributed by atoms with Crippen LogP contribution >= 0.6 is 0 Å². The summed E-state index contributed by atoms with van der Waals surface area (Å²) in [4.78, 5) is 7.38. The second kappa shape index (κ2) is 9.87. The van der Waals surface area contributed by atoms with Crippen LogP contribution in [0.3, 0.4) is 0 Å². The Labute approximate surface area is 175 Å². The van der Waals surface area contributed by atoms with Crippen LogP contribution in [-0.2, 0) is 13.0 Å². The van der Waals surface area contributed by atoms with Gasteiger partial charge in [0.25, 0.3) is 0 Å². The van der Waals surface area contributed by atoms with Crippen molar-refractivity contribution in [3.05, 3.63) is 53.5 Å². The molecule has 0 saturated carbocycles. The van der Waals surface area contributed by atoms with Crippen molar-refractivity contribution in [3.63, 3.8) is 0 Å². The Hall–Kier alpha value is -3.42. The van der Waals surface area contributed by atoms with E-state index in [1.54, 1.807) is 40.5 Å². The van der Waals surface area contributed by atoms with Crippen LogP contribution < -0.4 is 24.8 Å². The fourth-order valence-electron chi connectivity index (χ4n) is 3.31. The first kappa shape index (κ1) is 21.3. The van der Waals surface area contributed by atoms with Gasteiger partial charge in [-0.3, -0.25) is 4.99 Å². The first-order valence-electron chi connectivity index (χ1n) is 9.58. The lowest BCUT2D eigenvalue weighted by Gasteiger charge is -2.16. The highest BCUT2D eigenvalue weighted by atomic mass is 19.1. The molecule has 0 radical (unpaired) electrons. The molecule has 3 rings (SSSR count). The normalized spacial score (nSPS) is 11.4. The van der Waals surface area contributed by atoms with E-state index in [9.17, 15) is 4.39 Å². The average molecular weight is 414 g/mol. The van der Waals surface area contributed by atoms with Crippen molar-refractivity contribution in [1.29, 1.82) is 0 Å². The smallest absolute Gasteiger partial charge is 0.191 e. The average Bonchev–Trinajstić information content (AvgIpc) is 3.17. The number of nitrogens with one attached hydrogen (secondary N) is 3. The van der Waals surface area contributed by atoms with Gasteiger partial charge in [0.1, 0.15) is 11.6 Å². The lowest BCUT2D eigenvalue weighted by molar-refractivity contribution is 0.347. The van der Waals surface area contributed by atoms with Gasteiger partial charge >= 0.3 is 0 Å². The number of rotatable bonds is 8. The highest BCUT2D eigenvalue weighted by molar-refractivity contribution is 5.83. The van der Waals surface area contributed by atoms with Gasteiger partial charge < -0.3 is 29.8 Å². The highest BCUT2D eigenvalue weighted by Crippen LogP contribution is 2.34. The molecule has 1 heterocycles. The van der Waals surface area contributed by atoms with Crippen LogP contribution in [0.4, 0.5) is 4.39 Å². The van der Waals surface area contributed by atoms with Gasteiger partial charge in [0, 0.05) is 48.9 Å². The SMILES string of the molecule is CN=C(NCCc1c[nH]c2cc(F)ccc12)NCc1cc(OC)c(OC)cc1OC. The predicted molar refractivity (Wildman–Crippen MR) is 116 cm³/mol. The zero-order valence-corrected chi connectivity index (χ0v) is 17.6. The maximum atomic E-state index is 13.3. The number of methoxy groups -OCH3 is 3. The molecule has 160 valence electrons. The predicted octanol–water partition coefficient (Wildman–Crippen LogP) is 3.24. The Kier molecular flexibility index (Phi) is 7.00. The number of nitrogens with zero attached hydrogens (tertiary/aromatic N) is 1. The number of aromatic amines is 1. The Morgan fingerprint density at radius 3 is 2.40 bits per heavy atom. The molecule has 0 saturated heterocycles. The second-order valence-corrected chi connectivity index (χ2v) is 6.63. The summed E-state index contributed by atoms with van der Waals surface area (Å²) in [5.74, 6) is 2.36. The van der Waals surface area contributed by atoms with Gasteiger partial charge in [-0.15, -0.1) is 0 Å². The molecule has 0 bridgehead atoms. The number of benzene rings is 2. The van der Waals surface area contributed by atoms with E-state index >= 15 is 0 Å². The molecule has 3 N–H and O–H groups in total. The molecule has 0 unspecified atom stereocenters. The molecule has 0 aliphatic heterocycles. The quantitative estimate of drug-likeness (QED) is 0.390. The first-order valence-corrected chi connectivity index (χ1v) is 9.58. The number of hydrogen-bond donors (Lipinski definition) is 3. The summed E-state index contributed by atoms with van der Waals surface area (Å²) < 4.78 is 29.5. The molecule has 1 aromatic heterocycles. The summed E-state index contributed by atoms with van der Waals surface area (Å²) in [6.07, 6.45) is 2.68. The molecule has 30 heavy (non-hydrogen) atoms. The van der Waals surface area contributed by atoms with Crippen molar-refractivity contribution in [1.82, 2.24) is 15.6 Å². The molecule has 0 fully saturated rings. The van der Waals surface area contributed by atoms with Crippen molar-refractivity contribution in [2.45, 2.75) is 13.0 Å². The number of aliphatic imine (C=N–C) groups is 1. The van der Waals surface area contributed by atoms with Gasteiger partial charge in [-0.1, -0.05) is 0 Å². The van der Waals surface area contributed by atoms with E-state index in [0.29, 0.717) is 36.3 Å². The number of H-pyrrole nitrogens is 1. The van der Waals surface area contributed by atoms with Crippen LogP contribution in [0.1, 0.15) is 11.1 Å². The highest BCUT2D eigenvalue weighted by Gasteiger charge is 2.12. The van der Waals surface area contributed by atoms with Crippen LogP contribution in [-0.4, -0.2) is 45.9 Å². The zero-order valence-electron chi connectivity index (χ0n) is 17.6. The monoisotopic (exact) mass is 414 g/mol. The molecular formula is C22H27FN4O3. The maximum Gasteiger partial charge on any atom is 0.191 e. The van der Waals surface area contributed by atoms with E-state index in [1.165, 1.54) is 12.1 Å². The number of ether oxygens (including phenoxy) is 3. The molecule has 0 aliphatic rings. The summed E-state index contributed by atoms with van der Waals surface area (Å²) in [6.45, 7) is 1.17. The van der Waals surface area contributed by atoms with E-state index in [2.05, 4.69) is 20.6 Å². The molecule has 3 aromatic rings. The number of hydrogen-bond acceptors (Lipinski definition) is 4. The topological polar surface area (TPSA) is 79.9 Å². The zero-order chi connectivity index (χ0) is 21.5. The van der Waals surface area contributed by atoms with Crippen molar-refractivity contribution in [2.75, 3.05) is 34.9 Å². The molecule has 8 heteroatoms. The van der Waals surface area contributed by atoms with Crippen molar-refractivity contribution < 1.29 is 18.6 Å². The van der Waals surface area contributed by atoms with E-state index in [4.69, 9.17) is 14.2 Å². The third kappa shape index (κ3) is 4.76. The number of aromatic nitrogens is 1. The van der Waals surface area contributed by atoms with E-state index in [0.717, 1.165) is 28.5 Å². The van der Waals surface area contributed by atoms with E-state index in [1.807, 2.05) is 12.3 Å². The van der Waals surface area contributed by atoms with Gasteiger partial charge in [0.2, 0.25) is 0 Å². The largest absolute Gasteiger partial charge is 0.496 e. The van der Waals surface area contributed by atoms with Gasteiger partial charge in [0.15, 0.2) is 17.5 Å². The number of guanidine groups is 1. The number of fused-ring (bicyclic) bond motifs is 1. The minimum atomic E-state index is -0.246. The van der Waals surface area contributed by atoms with E-state index in [-0.39, 0.29) is 5.82 Å². The van der Waals surface area contributed by atoms with Crippen LogP contribution in [0, 0.1) is 5.82 Å². The fraction of sp³-hybridized carbons (Fsp3) is 0.318. The maximum absolute atomic E-state index is 13.3. The Balaban J connectivity index is 1.60. The lowest BCUT2D eigenvalue weighted by Crippen LogP contribution is -2.37. The third-order valence-electron chi connectivity index (χ3n) is 4.87. The molecule has 0 amide bonds. The summed E-state index contributed by atoms with van der Waals surface area (Å²) in [5, 5.41) is 7.60. The van der Waals surface area contributed by atoms with Crippen molar-refractivity contribution in [2.24, 2.45) is 4.99 Å². The third-order valence-corrected chi connectivity index (χ3v) is 4.87. The van der Waals surface area contributed by atoms with Crippen LogP contribution in [0.5, 0.6) is 17.2 Å². The summed E-state index contributed by atoms with van der Waals surface area (Å²) >= 11 is 0. The molecule has 0 aliphatic carbocycles. The van der Waals surface area contributed by atoms with E-state index < -0.39 is 0 Å². The standard InChI is InChI=1S/C22H27FN4O3/c1-24-22(25-8-7-14-12-26-18-10-16(23)5-6-17(14)18)27-13-15-9-20(29-3)21(30-4)11-19(15)28-2/h5-6,9-12,26H,7-8,13H2,1-4H3,(H2,24,25,27). The number of halogens is 1. The minimum Gasteiger partial charge on any atom is -0.496 e. The van der Waals surface area contributed by atoms with Crippen LogP contribution in [0.15, 0.2) is 41.5 Å². The molecule has 0 atom stereocenters. The van der Waals surface area contributed by atoms with Crippen molar-refractivity contribution in [3.8, 4) is 17.2 Å². The summed E-state index contributed by atoms with van der Waals surface area (Å²) in [6, 6.07) is 8.45. The Morgan fingerprint density at radius 2 is 1.70 bits per heavy atom.